The number of nitriles is 1. The summed E-state index contributed by atoms with van der Waals surface area (Å²) in [6, 6.07) is 9.59. The average Bonchev–Trinajstić information content (AvgIpc) is 3.43. The van der Waals surface area contributed by atoms with Crippen molar-refractivity contribution in [3.63, 3.8) is 0 Å². The highest BCUT2D eigenvalue weighted by Gasteiger charge is 2.21. The average molecular weight is 518 g/mol. The topological polar surface area (TPSA) is 135 Å². The van der Waals surface area contributed by atoms with E-state index in [0.29, 0.717) is 21.5 Å². The van der Waals surface area contributed by atoms with Gasteiger partial charge in [-0.15, -0.1) is 0 Å². The normalized spacial score (nSPS) is 11.8. The lowest BCUT2D eigenvalue weighted by atomic mass is 10.0. The molecule has 0 radical (unpaired) electrons. The number of benzene rings is 1. The molecule has 0 saturated heterocycles. The highest BCUT2D eigenvalue weighted by Crippen LogP contribution is 2.29. The van der Waals surface area contributed by atoms with E-state index < -0.39 is 12.0 Å². The second-order valence-electron chi connectivity index (χ2n) is 8.84. The Labute approximate surface area is 218 Å². The lowest BCUT2D eigenvalue weighted by Crippen LogP contribution is -2.26. The number of hydrogen-bond donors (Lipinski definition) is 2. The van der Waals surface area contributed by atoms with Crippen molar-refractivity contribution in [2.75, 3.05) is 10.6 Å². The van der Waals surface area contributed by atoms with Gasteiger partial charge < -0.3 is 15.4 Å². The van der Waals surface area contributed by atoms with Crippen LogP contribution in [0.3, 0.4) is 0 Å². The number of nitrogens with zero attached hydrogens (tertiary/aromatic N) is 5. The Bertz CT molecular complexity index is 1490. The molecule has 0 aliphatic heterocycles. The van der Waals surface area contributed by atoms with Gasteiger partial charge in [0.1, 0.15) is 10.7 Å². The Morgan fingerprint density at radius 2 is 2.05 bits per heavy atom. The summed E-state index contributed by atoms with van der Waals surface area (Å²) < 4.78 is 6.97. The van der Waals surface area contributed by atoms with E-state index in [9.17, 15) is 14.9 Å². The number of esters is 1. The molecule has 3 heterocycles. The van der Waals surface area contributed by atoms with Crippen LogP contribution in [-0.2, 0) is 16.6 Å². The molecule has 0 aliphatic carbocycles. The molecule has 4 aromatic rings. The third-order valence-corrected chi connectivity index (χ3v) is 6.54. The van der Waals surface area contributed by atoms with Crippen LogP contribution in [0.5, 0.6) is 0 Å². The molecular formula is C26H27N7O3S. The number of hydrogen-bond acceptors (Lipinski definition) is 9. The SMILES string of the molecule is Cc1nc(NC(=O)CC(CC#N)Nc2nccc3ccc(-c4cnn(C)c4)cc23)sc1C(=O)OC(C)C. The Kier molecular flexibility index (Phi) is 7.79. The van der Waals surface area contributed by atoms with Crippen molar-refractivity contribution in [2.24, 2.45) is 7.05 Å². The summed E-state index contributed by atoms with van der Waals surface area (Å²) in [5.74, 6) is -0.219. The van der Waals surface area contributed by atoms with E-state index in [2.05, 4.69) is 31.8 Å². The van der Waals surface area contributed by atoms with Crippen molar-refractivity contribution in [3.8, 4) is 17.2 Å². The predicted molar refractivity (Wildman–Crippen MR) is 142 cm³/mol. The number of fused-ring (bicyclic) bond motifs is 1. The van der Waals surface area contributed by atoms with Crippen molar-refractivity contribution in [2.45, 2.75) is 45.8 Å². The van der Waals surface area contributed by atoms with E-state index in [-0.39, 0.29) is 24.9 Å². The van der Waals surface area contributed by atoms with Crippen molar-refractivity contribution in [1.82, 2.24) is 19.7 Å². The summed E-state index contributed by atoms with van der Waals surface area (Å²) in [4.78, 5) is 34.2. The molecule has 0 saturated carbocycles. The van der Waals surface area contributed by atoms with Gasteiger partial charge in [-0.3, -0.25) is 9.48 Å². The summed E-state index contributed by atoms with van der Waals surface area (Å²) in [5.41, 5.74) is 2.45. The maximum absolute atomic E-state index is 12.8. The van der Waals surface area contributed by atoms with Gasteiger partial charge in [-0.1, -0.05) is 23.5 Å². The van der Waals surface area contributed by atoms with Crippen LogP contribution in [0.2, 0.25) is 0 Å². The summed E-state index contributed by atoms with van der Waals surface area (Å²) in [5, 5.41) is 21.8. The van der Waals surface area contributed by atoms with E-state index in [1.54, 1.807) is 37.8 Å². The fourth-order valence-electron chi connectivity index (χ4n) is 3.81. The van der Waals surface area contributed by atoms with Gasteiger partial charge in [0.05, 0.1) is 30.5 Å². The Morgan fingerprint density at radius 1 is 1.24 bits per heavy atom. The molecule has 37 heavy (non-hydrogen) atoms. The summed E-state index contributed by atoms with van der Waals surface area (Å²) in [6.07, 6.45) is 5.26. The molecule has 1 unspecified atom stereocenters. The van der Waals surface area contributed by atoms with Crippen LogP contribution in [0.15, 0.2) is 42.9 Å². The highest BCUT2D eigenvalue weighted by molar-refractivity contribution is 7.17. The number of carbonyl (C=O) groups is 2. The van der Waals surface area contributed by atoms with E-state index in [1.165, 1.54) is 0 Å². The molecule has 0 aliphatic rings. The van der Waals surface area contributed by atoms with E-state index in [4.69, 9.17) is 4.74 Å². The first-order valence-corrected chi connectivity index (χ1v) is 12.5. The zero-order valence-electron chi connectivity index (χ0n) is 21.0. The predicted octanol–water partition coefficient (Wildman–Crippen LogP) is 4.69. The number of thiazole rings is 1. The van der Waals surface area contributed by atoms with Gasteiger partial charge in [-0.05, 0) is 43.9 Å². The third-order valence-electron chi connectivity index (χ3n) is 5.49. The zero-order chi connectivity index (χ0) is 26.5. The number of rotatable bonds is 9. The maximum Gasteiger partial charge on any atom is 0.350 e. The first kappa shape index (κ1) is 25.8. The minimum absolute atomic E-state index is 0.0122. The number of amides is 1. The molecule has 1 amide bonds. The highest BCUT2D eigenvalue weighted by atomic mass is 32.1. The monoisotopic (exact) mass is 517 g/mol. The molecular weight excluding hydrogens is 490 g/mol. The molecule has 3 aromatic heterocycles. The number of nitrogens with one attached hydrogen (secondary N) is 2. The Hall–Kier alpha value is -4.30. The van der Waals surface area contributed by atoms with Gasteiger partial charge in [0.25, 0.3) is 0 Å². The standard InChI is InChI=1S/C26H27N7O3S/c1-15(2)36-25(35)23-16(3)30-26(37-23)32-22(34)12-20(7-9-27)31-24-21-11-18(19-13-29-33(4)14-19)6-5-17(21)8-10-28-24/h5-6,8,10-11,13-15,20H,7,12H2,1-4H3,(H,28,31)(H,30,32,34). The van der Waals surface area contributed by atoms with Crippen LogP contribution in [0.4, 0.5) is 10.9 Å². The van der Waals surface area contributed by atoms with Crippen molar-refractivity contribution in [3.05, 3.63) is 53.4 Å². The van der Waals surface area contributed by atoms with E-state index in [1.807, 2.05) is 37.5 Å². The quantitative estimate of drug-likeness (QED) is 0.305. The minimum Gasteiger partial charge on any atom is -0.459 e. The van der Waals surface area contributed by atoms with Gasteiger partial charge >= 0.3 is 5.97 Å². The molecule has 2 N–H and O–H groups in total. The molecule has 190 valence electrons. The molecule has 0 fully saturated rings. The number of carbonyl (C=O) groups excluding carboxylic acids is 2. The second-order valence-corrected chi connectivity index (χ2v) is 9.84. The molecule has 4 rings (SSSR count). The second kappa shape index (κ2) is 11.2. The maximum atomic E-state index is 12.8. The number of ether oxygens (including phenoxy) is 1. The summed E-state index contributed by atoms with van der Waals surface area (Å²) in [6.45, 7) is 5.22. The number of aryl methyl sites for hydroxylation is 2. The lowest BCUT2D eigenvalue weighted by molar-refractivity contribution is -0.116. The number of pyridine rings is 1. The first-order chi connectivity index (χ1) is 17.7. The lowest BCUT2D eigenvalue weighted by Gasteiger charge is -2.17. The van der Waals surface area contributed by atoms with Crippen molar-refractivity contribution >= 4 is 44.9 Å². The summed E-state index contributed by atoms with van der Waals surface area (Å²) >= 11 is 1.06. The number of anilines is 2. The van der Waals surface area contributed by atoms with Gasteiger partial charge in [0.2, 0.25) is 5.91 Å². The minimum atomic E-state index is -0.489. The van der Waals surface area contributed by atoms with Crippen LogP contribution < -0.4 is 10.6 Å². The molecule has 0 spiro atoms. The third kappa shape index (κ3) is 6.29. The van der Waals surface area contributed by atoms with Gasteiger partial charge in [-0.25, -0.2) is 14.8 Å². The number of aromatic nitrogens is 4. The van der Waals surface area contributed by atoms with E-state index in [0.717, 1.165) is 33.2 Å². The van der Waals surface area contributed by atoms with Crippen LogP contribution in [-0.4, -0.2) is 43.8 Å². The molecule has 11 heteroatoms. The molecule has 10 nitrogen and oxygen atoms in total. The van der Waals surface area contributed by atoms with Crippen LogP contribution in [0.25, 0.3) is 21.9 Å². The molecule has 0 bridgehead atoms. The Morgan fingerprint density at radius 3 is 2.76 bits per heavy atom. The van der Waals surface area contributed by atoms with Gasteiger partial charge in [0.15, 0.2) is 5.13 Å². The molecule has 1 atom stereocenters. The van der Waals surface area contributed by atoms with Crippen LogP contribution >= 0.6 is 11.3 Å². The van der Waals surface area contributed by atoms with Crippen LogP contribution in [0, 0.1) is 18.3 Å². The first-order valence-electron chi connectivity index (χ1n) is 11.7. The van der Waals surface area contributed by atoms with Gasteiger partial charge in [0, 0.05) is 42.9 Å². The smallest absolute Gasteiger partial charge is 0.350 e. The zero-order valence-corrected chi connectivity index (χ0v) is 21.8. The van der Waals surface area contributed by atoms with Gasteiger partial charge in [-0.2, -0.15) is 10.4 Å². The van der Waals surface area contributed by atoms with Crippen molar-refractivity contribution < 1.29 is 14.3 Å². The summed E-state index contributed by atoms with van der Waals surface area (Å²) in [7, 11) is 1.86. The molecule has 1 aromatic carbocycles. The van der Waals surface area contributed by atoms with Crippen LogP contribution in [0.1, 0.15) is 42.1 Å². The fourth-order valence-corrected chi connectivity index (χ4v) is 4.68. The fraction of sp³-hybridized carbons (Fsp3) is 0.308. The van der Waals surface area contributed by atoms with Crippen molar-refractivity contribution in [1.29, 1.82) is 5.26 Å². The largest absolute Gasteiger partial charge is 0.459 e. The Balaban J connectivity index is 1.50. The van der Waals surface area contributed by atoms with E-state index >= 15 is 0 Å².